The van der Waals surface area contributed by atoms with Gasteiger partial charge in [0.15, 0.2) is 5.82 Å². The number of carbonyl (C=O) groups is 1. The van der Waals surface area contributed by atoms with Crippen molar-refractivity contribution in [1.82, 2.24) is 24.8 Å². The van der Waals surface area contributed by atoms with E-state index in [1.54, 1.807) is 12.4 Å². The number of H-pyrrole nitrogens is 1. The summed E-state index contributed by atoms with van der Waals surface area (Å²) in [6, 6.07) is 5.68. The number of carbonyl (C=O) groups excluding carboxylic acids is 1. The van der Waals surface area contributed by atoms with Crippen molar-refractivity contribution in [3.8, 4) is 11.4 Å². The molecule has 0 fully saturated rings. The van der Waals surface area contributed by atoms with Crippen LogP contribution < -0.4 is 4.90 Å². The van der Waals surface area contributed by atoms with Gasteiger partial charge in [-0.15, -0.1) is 0 Å². The lowest BCUT2D eigenvalue weighted by Crippen LogP contribution is -2.37. The number of aromatic nitrogens is 4. The van der Waals surface area contributed by atoms with Gasteiger partial charge in [-0.3, -0.25) is 9.78 Å². The topological polar surface area (TPSA) is 78.0 Å². The van der Waals surface area contributed by atoms with E-state index >= 15 is 0 Å². The van der Waals surface area contributed by atoms with Crippen LogP contribution in [0.15, 0.2) is 36.8 Å². The van der Waals surface area contributed by atoms with Gasteiger partial charge in [0.25, 0.3) is 5.91 Å². The molecule has 1 amide bonds. The van der Waals surface area contributed by atoms with Crippen LogP contribution in [0.25, 0.3) is 11.4 Å². The van der Waals surface area contributed by atoms with Crippen molar-refractivity contribution in [2.75, 3.05) is 25.5 Å². The van der Waals surface area contributed by atoms with Crippen LogP contribution in [0.4, 0.5) is 5.82 Å². The number of nitrogens with one attached hydrogen (secondary N) is 1. The molecular weight excluding hydrogens is 340 g/mol. The third kappa shape index (κ3) is 3.28. The van der Waals surface area contributed by atoms with Crippen LogP contribution >= 0.6 is 0 Å². The van der Waals surface area contributed by atoms with Gasteiger partial charge >= 0.3 is 0 Å². The van der Waals surface area contributed by atoms with Gasteiger partial charge in [0.1, 0.15) is 11.5 Å². The summed E-state index contributed by atoms with van der Waals surface area (Å²) in [4.78, 5) is 33.4. The minimum atomic E-state index is 0.00391. The fraction of sp³-hybridized carbons (Fsp3) is 0.300. The average molecular weight is 362 g/mol. The number of aryl methyl sites for hydroxylation is 1. The van der Waals surface area contributed by atoms with Gasteiger partial charge in [-0.2, -0.15) is 0 Å². The molecule has 27 heavy (non-hydrogen) atoms. The third-order valence-corrected chi connectivity index (χ3v) is 4.75. The first-order valence-corrected chi connectivity index (χ1v) is 8.94. The standard InChI is InChI=1S/C20H22N6O/c1-13-10-16(22-11-13)20(27)26-9-6-15-17(12-26)23-18(24-19(15)25(2)3)14-4-7-21-8-5-14/h4-5,7-8,10-11,22H,6,9,12H2,1-3H3. The molecule has 0 aromatic carbocycles. The van der Waals surface area contributed by atoms with Crippen LogP contribution in [0.2, 0.25) is 0 Å². The first kappa shape index (κ1) is 17.2. The first-order valence-electron chi connectivity index (χ1n) is 8.94. The zero-order valence-corrected chi connectivity index (χ0v) is 15.7. The van der Waals surface area contributed by atoms with Gasteiger partial charge in [-0.05, 0) is 37.1 Å². The fourth-order valence-electron chi connectivity index (χ4n) is 3.38. The Labute approximate surface area is 158 Å². The van der Waals surface area contributed by atoms with E-state index in [9.17, 15) is 4.79 Å². The molecule has 0 atom stereocenters. The maximum Gasteiger partial charge on any atom is 0.270 e. The van der Waals surface area contributed by atoms with Gasteiger partial charge in [0.2, 0.25) is 0 Å². The molecule has 3 aromatic rings. The highest BCUT2D eigenvalue weighted by atomic mass is 16.2. The molecule has 4 rings (SSSR count). The number of amides is 1. The molecule has 4 heterocycles. The van der Waals surface area contributed by atoms with Crippen molar-refractivity contribution in [2.45, 2.75) is 19.9 Å². The van der Waals surface area contributed by atoms with E-state index in [2.05, 4.69) is 9.97 Å². The smallest absolute Gasteiger partial charge is 0.270 e. The van der Waals surface area contributed by atoms with Crippen LogP contribution in [-0.2, 0) is 13.0 Å². The number of aromatic amines is 1. The Morgan fingerprint density at radius 3 is 2.67 bits per heavy atom. The molecule has 0 radical (unpaired) electrons. The Morgan fingerprint density at radius 1 is 1.22 bits per heavy atom. The monoisotopic (exact) mass is 362 g/mol. The molecule has 7 nitrogen and oxygen atoms in total. The van der Waals surface area contributed by atoms with Crippen LogP contribution in [0.3, 0.4) is 0 Å². The molecule has 138 valence electrons. The molecular formula is C20H22N6O. The maximum atomic E-state index is 12.8. The summed E-state index contributed by atoms with van der Waals surface area (Å²) in [6.45, 7) is 3.10. The SMILES string of the molecule is Cc1c[nH]c(C(=O)N2CCc3c(nc(-c4ccncc4)nc3N(C)C)C2)c1. The Bertz CT molecular complexity index is 979. The molecule has 1 aliphatic heterocycles. The second kappa shape index (κ2) is 6.83. The van der Waals surface area contributed by atoms with E-state index in [1.807, 2.05) is 55.2 Å². The highest BCUT2D eigenvalue weighted by molar-refractivity contribution is 5.92. The molecule has 7 heteroatoms. The van der Waals surface area contributed by atoms with E-state index in [0.29, 0.717) is 24.6 Å². The quantitative estimate of drug-likeness (QED) is 0.774. The number of anilines is 1. The lowest BCUT2D eigenvalue weighted by molar-refractivity contribution is 0.0726. The molecule has 0 spiro atoms. The number of hydrogen-bond acceptors (Lipinski definition) is 5. The number of pyridine rings is 1. The summed E-state index contributed by atoms with van der Waals surface area (Å²) >= 11 is 0. The molecule has 0 unspecified atom stereocenters. The van der Waals surface area contributed by atoms with Gasteiger partial charge in [0.05, 0.1) is 12.2 Å². The van der Waals surface area contributed by atoms with E-state index in [4.69, 9.17) is 9.97 Å². The normalized spacial score (nSPS) is 13.4. The fourth-order valence-corrected chi connectivity index (χ4v) is 3.38. The zero-order valence-electron chi connectivity index (χ0n) is 15.7. The Balaban J connectivity index is 1.71. The van der Waals surface area contributed by atoms with Crippen molar-refractivity contribution in [3.05, 3.63) is 59.3 Å². The van der Waals surface area contributed by atoms with E-state index < -0.39 is 0 Å². The number of rotatable bonds is 3. The molecule has 1 aliphatic rings. The Hall–Kier alpha value is -3.22. The van der Waals surface area contributed by atoms with Crippen LogP contribution in [0, 0.1) is 6.92 Å². The molecule has 0 saturated heterocycles. The lowest BCUT2D eigenvalue weighted by Gasteiger charge is -2.30. The van der Waals surface area contributed by atoms with Gasteiger partial charge < -0.3 is 14.8 Å². The molecule has 1 N–H and O–H groups in total. The predicted molar refractivity (Wildman–Crippen MR) is 104 cm³/mol. The average Bonchev–Trinajstić information content (AvgIpc) is 3.13. The lowest BCUT2D eigenvalue weighted by atomic mass is 10.0. The summed E-state index contributed by atoms with van der Waals surface area (Å²) in [7, 11) is 3.97. The van der Waals surface area contributed by atoms with Crippen molar-refractivity contribution in [2.24, 2.45) is 0 Å². The second-order valence-corrected chi connectivity index (χ2v) is 6.99. The van der Waals surface area contributed by atoms with Crippen molar-refractivity contribution in [3.63, 3.8) is 0 Å². The van der Waals surface area contributed by atoms with Gasteiger partial charge in [-0.25, -0.2) is 9.97 Å². The highest BCUT2D eigenvalue weighted by Gasteiger charge is 2.27. The van der Waals surface area contributed by atoms with Crippen molar-refractivity contribution < 1.29 is 4.79 Å². The van der Waals surface area contributed by atoms with E-state index in [1.165, 1.54) is 0 Å². The van der Waals surface area contributed by atoms with Gasteiger partial charge in [-0.1, -0.05) is 0 Å². The Kier molecular flexibility index (Phi) is 4.35. The molecule has 0 saturated carbocycles. The van der Waals surface area contributed by atoms with Gasteiger partial charge in [0, 0.05) is 50.4 Å². The van der Waals surface area contributed by atoms with Crippen LogP contribution in [0.1, 0.15) is 27.3 Å². The zero-order chi connectivity index (χ0) is 19.0. The minimum absolute atomic E-state index is 0.00391. The minimum Gasteiger partial charge on any atom is -0.362 e. The third-order valence-electron chi connectivity index (χ3n) is 4.75. The largest absolute Gasteiger partial charge is 0.362 e. The summed E-state index contributed by atoms with van der Waals surface area (Å²) in [6.07, 6.45) is 6.05. The maximum absolute atomic E-state index is 12.8. The van der Waals surface area contributed by atoms with E-state index in [0.717, 1.165) is 34.6 Å². The summed E-state index contributed by atoms with van der Waals surface area (Å²) in [5.74, 6) is 1.57. The summed E-state index contributed by atoms with van der Waals surface area (Å²) in [5.41, 5.74) is 4.60. The summed E-state index contributed by atoms with van der Waals surface area (Å²) in [5, 5.41) is 0. The predicted octanol–water partition coefficient (Wildman–Crippen LogP) is 2.44. The van der Waals surface area contributed by atoms with E-state index in [-0.39, 0.29) is 5.91 Å². The molecule has 0 bridgehead atoms. The first-order chi connectivity index (χ1) is 13.0. The molecule has 3 aromatic heterocycles. The number of hydrogen-bond donors (Lipinski definition) is 1. The van der Waals surface area contributed by atoms with Crippen LogP contribution in [-0.4, -0.2) is 51.4 Å². The highest BCUT2D eigenvalue weighted by Crippen LogP contribution is 2.29. The van der Waals surface area contributed by atoms with Crippen molar-refractivity contribution in [1.29, 1.82) is 0 Å². The number of nitrogens with zero attached hydrogens (tertiary/aromatic N) is 5. The second-order valence-electron chi connectivity index (χ2n) is 6.99. The molecule has 0 aliphatic carbocycles. The Morgan fingerprint density at radius 2 is 2.00 bits per heavy atom. The van der Waals surface area contributed by atoms with Crippen LogP contribution in [0.5, 0.6) is 0 Å². The summed E-state index contributed by atoms with van der Waals surface area (Å²) < 4.78 is 0. The number of fused-ring (bicyclic) bond motifs is 1. The van der Waals surface area contributed by atoms with Crippen molar-refractivity contribution >= 4 is 11.7 Å².